The molecule has 1 fully saturated rings. The van der Waals surface area contributed by atoms with Crippen LogP contribution in [0.5, 0.6) is 0 Å². The third kappa shape index (κ3) is 5.50. The van der Waals surface area contributed by atoms with Crippen LogP contribution < -0.4 is 4.90 Å². The zero-order valence-corrected chi connectivity index (χ0v) is 19.8. The third-order valence-electron chi connectivity index (χ3n) is 5.96. The molecule has 0 unspecified atom stereocenters. The Morgan fingerprint density at radius 3 is 2.58 bits per heavy atom. The summed E-state index contributed by atoms with van der Waals surface area (Å²) < 4.78 is 13.8. The predicted molar refractivity (Wildman–Crippen MR) is 130 cm³/mol. The highest BCUT2D eigenvalue weighted by Crippen LogP contribution is 2.26. The summed E-state index contributed by atoms with van der Waals surface area (Å²) >= 11 is 5.97. The van der Waals surface area contributed by atoms with E-state index in [0.29, 0.717) is 36.6 Å². The molecule has 33 heavy (non-hydrogen) atoms. The number of anilines is 1. The van der Waals surface area contributed by atoms with Gasteiger partial charge in [-0.15, -0.1) is 0 Å². The van der Waals surface area contributed by atoms with Gasteiger partial charge in [0.05, 0.1) is 0 Å². The van der Waals surface area contributed by atoms with Crippen LogP contribution in [0, 0.1) is 12.7 Å². The highest BCUT2D eigenvalue weighted by atomic mass is 35.5. The number of carbonyl (C=O) groups is 1. The van der Waals surface area contributed by atoms with Crippen molar-refractivity contribution in [3.05, 3.63) is 87.6 Å². The van der Waals surface area contributed by atoms with Crippen molar-refractivity contribution < 1.29 is 9.18 Å². The number of hydrogen-bond donors (Lipinski definition) is 0. The van der Waals surface area contributed by atoms with E-state index in [-0.39, 0.29) is 11.7 Å². The minimum atomic E-state index is -0.244. The summed E-state index contributed by atoms with van der Waals surface area (Å²) in [4.78, 5) is 26.6. The number of amides is 1. The van der Waals surface area contributed by atoms with Gasteiger partial charge in [0, 0.05) is 54.4 Å². The summed E-state index contributed by atoms with van der Waals surface area (Å²) in [5.74, 6) is 1.39. The van der Waals surface area contributed by atoms with Gasteiger partial charge in [0.1, 0.15) is 17.5 Å². The maximum absolute atomic E-state index is 13.8. The number of aryl methyl sites for hydroxylation is 2. The summed E-state index contributed by atoms with van der Waals surface area (Å²) in [6.45, 7) is 6.74. The zero-order chi connectivity index (χ0) is 23.4. The van der Waals surface area contributed by atoms with Gasteiger partial charge in [-0.05, 0) is 61.7 Å². The van der Waals surface area contributed by atoms with Crippen molar-refractivity contribution in [2.75, 3.05) is 31.1 Å². The van der Waals surface area contributed by atoms with E-state index in [1.807, 2.05) is 17.9 Å². The molecule has 1 aromatic heterocycles. The highest BCUT2D eigenvalue weighted by molar-refractivity contribution is 6.30. The van der Waals surface area contributed by atoms with Crippen LogP contribution in [0.2, 0.25) is 5.02 Å². The van der Waals surface area contributed by atoms with E-state index in [1.165, 1.54) is 6.07 Å². The fourth-order valence-electron chi connectivity index (χ4n) is 4.33. The first-order chi connectivity index (χ1) is 15.9. The van der Waals surface area contributed by atoms with Crippen LogP contribution in [0.4, 0.5) is 10.2 Å². The van der Waals surface area contributed by atoms with Crippen LogP contribution in [0.15, 0.2) is 48.5 Å². The number of benzene rings is 2. The van der Waals surface area contributed by atoms with Crippen molar-refractivity contribution in [2.45, 2.75) is 33.1 Å². The molecule has 2 heterocycles. The van der Waals surface area contributed by atoms with Crippen molar-refractivity contribution in [1.29, 1.82) is 0 Å². The Hall–Kier alpha value is -2.99. The first kappa shape index (κ1) is 23.2. The Kier molecular flexibility index (Phi) is 7.23. The molecule has 0 spiro atoms. The van der Waals surface area contributed by atoms with Gasteiger partial charge in [0.2, 0.25) is 0 Å². The molecule has 0 N–H and O–H groups in total. The normalized spacial score (nSPS) is 14.3. The lowest BCUT2D eigenvalue weighted by Gasteiger charge is -2.26. The number of nitrogens with zero attached hydrogens (tertiary/aromatic N) is 4. The molecule has 1 amide bonds. The maximum atomic E-state index is 13.8. The fourth-order valence-corrected chi connectivity index (χ4v) is 4.46. The molecule has 1 aliphatic rings. The molecule has 0 aliphatic carbocycles. The zero-order valence-electron chi connectivity index (χ0n) is 19.0. The van der Waals surface area contributed by atoms with Gasteiger partial charge in [0.25, 0.3) is 5.91 Å². The Bertz CT molecular complexity index is 1140. The van der Waals surface area contributed by atoms with Gasteiger partial charge in [-0.1, -0.05) is 30.7 Å². The van der Waals surface area contributed by atoms with Gasteiger partial charge < -0.3 is 9.80 Å². The molecule has 0 saturated carbocycles. The van der Waals surface area contributed by atoms with Crippen LogP contribution in [0.3, 0.4) is 0 Å². The van der Waals surface area contributed by atoms with Gasteiger partial charge in [-0.3, -0.25) is 4.79 Å². The Morgan fingerprint density at radius 2 is 1.85 bits per heavy atom. The molecular formula is C26H28ClFN4O. The lowest BCUT2D eigenvalue weighted by Crippen LogP contribution is -2.35. The standard InChI is InChI=1S/C26H28ClFN4O/c1-3-24-23(17-19-6-4-7-22(28)16-19)25(30-18(2)29-24)31-12-5-13-32(15-14-31)26(33)20-8-10-21(27)11-9-20/h4,6-11,16H,3,5,12-15,17H2,1-2H3. The lowest BCUT2D eigenvalue weighted by molar-refractivity contribution is 0.0767. The Morgan fingerprint density at radius 1 is 1.06 bits per heavy atom. The van der Waals surface area contributed by atoms with Crippen LogP contribution in [-0.4, -0.2) is 47.0 Å². The van der Waals surface area contributed by atoms with E-state index in [4.69, 9.17) is 16.6 Å². The molecule has 0 bridgehead atoms. The molecule has 3 aromatic rings. The van der Waals surface area contributed by atoms with Crippen LogP contribution in [0.1, 0.15) is 46.3 Å². The Labute approximate surface area is 199 Å². The second-order valence-electron chi connectivity index (χ2n) is 8.32. The van der Waals surface area contributed by atoms with Gasteiger partial charge in [-0.2, -0.15) is 0 Å². The summed E-state index contributed by atoms with van der Waals surface area (Å²) in [6, 6.07) is 13.7. The molecule has 5 nitrogen and oxygen atoms in total. The molecule has 172 valence electrons. The Balaban J connectivity index is 1.58. The third-order valence-corrected chi connectivity index (χ3v) is 6.21. The molecule has 1 aliphatic heterocycles. The smallest absolute Gasteiger partial charge is 0.253 e. The van der Waals surface area contributed by atoms with E-state index in [0.717, 1.165) is 47.8 Å². The van der Waals surface area contributed by atoms with Gasteiger partial charge in [0.15, 0.2) is 0 Å². The molecule has 2 aromatic carbocycles. The van der Waals surface area contributed by atoms with Crippen molar-refractivity contribution >= 4 is 23.3 Å². The molecule has 7 heteroatoms. The number of carbonyl (C=O) groups excluding carboxylic acids is 1. The second kappa shape index (κ2) is 10.3. The van der Waals surface area contributed by atoms with Crippen molar-refractivity contribution in [1.82, 2.24) is 14.9 Å². The molecular weight excluding hydrogens is 439 g/mol. The summed E-state index contributed by atoms with van der Waals surface area (Å²) in [7, 11) is 0. The average molecular weight is 467 g/mol. The summed E-state index contributed by atoms with van der Waals surface area (Å²) in [5.41, 5.74) is 3.56. The molecule has 0 radical (unpaired) electrons. The van der Waals surface area contributed by atoms with E-state index in [2.05, 4.69) is 16.8 Å². The summed E-state index contributed by atoms with van der Waals surface area (Å²) in [5, 5.41) is 0.616. The number of aromatic nitrogens is 2. The van der Waals surface area contributed by atoms with Crippen molar-refractivity contribution in [2.24, 2.45) is 0 Å². The lowest BCUT2D eigenvalue weighted by atomic mass is 10.0. The number of halogens is 2. The molecule has 1 saturated heterocycles. The fraction of sp³-hybridized carbons (Fsp3) is 0.346. The van der Waals surface area contributed by atoms with Gasteiger partial charge in [-0.25, -0.2) is 14.4 Å². The second-order valence-corrected chi connectivity index (χ2v) is 8.76. The van der Waals surface area contributed by atoms with E-state index >= 15 is 0 Å². The van der Waals surface area contributed by atoms with Crippen LogP contribution in [0.25, 0.3) is 0 Å². The highest BCUT2D eigenvalue weighted by Gasteiger charge is 2.24. The van der Waals surface area contributed by atoms with E-state index in [9.17, 15) is 9.18 Å². The van der Waals surface area contributed by atoms with Gasteiger partial charge >= 0.3 is 0 Å². The quantitative estimate of drug-likeness (QED) is 0.526. The summed E-state index contributed by atoms with van der Waals surface area (Å²) in [6.07, 6.45) is 2.18. The maximum Gasteiger partial charge on any atom is 0.253 e. The van der Waals surface area contributed by atoms with Crippen molar-refractivity contribution in [3.8, 4) is 0 Å². The molecule has 4 rings (SSSR count). The average Bonchev–Trinajstić information content (AvgIpc) is 3.06. The minimum Gasteiger partial charge on any atom is -0.354 e. The van der Waals surface area contributed by atoms with E-state index in [1.54, 1.807) is 36.4 Å². The first-order valence-corrected chi connectivity index (χ1v) is 11.7. The van der Waals surface area contributed by atoms with Crippen LogP contribution in [-0.2, 0) is 12.8 Å². The molecule has 0 atom stereocenters. The SMILES string of the molecule is CCc1nc(C)nc(N2CCCN(C(=O)c3ccc(Cl)cc3)CC2)c1Cc1cccc(F)c1. The topological polar surface area (TPSA) is 49.3 Å². The first-order valence-electron chi connectivity index (χ1n) is 11.3. The predicted octanol–water partition coefficient (Wildman–Crippen LogP) is 5.08. The largest absolute Gasteiger partial charge is 0.354 e. The monoisotopic (exact) mass is 466 g/mol. The van der Waals surface area contributed by atoms with E-state index < -0.39 is 0 Å². The van der Waals surface area contributed by atoms with Crippen molar-refractivity contribution in [3.63, 3.8) is 0 Å². The number of hydrogen-bond acceptors (Lipinski definition) is 4. The van der Waals surface area contributed by atoms with Crippen LogP contribution >= 0.6 is 11.6 Å². The number of rotatable bonds is 5. The minimum absolute atomic E-state index is 0.0154.